The Morgan fingerprint density at radius 2 is 1.89 bits per heavy atom. The molecule has 0 bridgehead atoms. The van der Waals surface area contributed by atoms with E-state index in [1.165, 1.54) is 0 Å². The first-order valence-electron chi connectivity index (χ1n) is 8.73. The van der Waals surface area contributed by atoms with Gasteiger partial charge in [-0.3, -0.25) is 9.78 Å². The Labute approximate surface area is 158 Å². The maximum atomic E-state index is 12.4. The third-order valence-electron chi connectivity index (χ3n) is 3.91. The molecule has 0 aliphatic heterocycles. The molecule has 1 amide bonds. The van der Waals surface area contributed by atoms with Gasteiger partial charge in [-0.25, -0.2) is 9.97 Å². The molecule has 7 nitrogen and oxygen atoms in total. The molecule has 0 spiro atoms. The summed E-state index contributed by atoms with van der Waals surface area (Å²) in [6.07, 6.45) is 1.61. The first kappa shape index (κ1) is 18.3. The van der Waals surface area contributed by atoms with E-state index in [9.17, 15) is 4.79 Å². The lowest BCUT2D eigenvalue weighted by Crippen LogP contribution is -2.23. The zero-order valence-electron chi connectivity index (χ0n) is 15.4. The average Bonchev–Trinajstić information content (AvgIpc) is 2.67. The maximum Gasteiger partial charge on any atom is 0.251 e. The molecule has 0 aliphatic carbocycles. The number of hydrogen-bond donors (Lipinski definition) is 3. The van der Waals surface area contributed by atoms with Crippen LogP contribution in [-0.2, 0) is 6.54 Å². The standard InChI is InChI=1S/C20H22N6O/c1-3-22-19-10-17(25-13(2)26-19)12-24-20(27)15-6-4-14(5-7-15)18-9-8-16(21)11-23-18/h4-11H,3,12,21H2,1-2H3,(H,24,27)(H,22,25,26). The number of pyridine rings is 1. The first-order chi connectivity index (χ1) is 13.0. The van der Waals surface area contributed by atoms with Crippen molar-refractivity contribution < 1.29 is 4.79 Å². The van der Waals surface area contributed by atoms with E-state index in [4.69, 9.17) is 5.73 Å². The molecule has 2 heterocycles. The number of nitrogens with one attached hydrogen (secondary N) is 2. The van der Waals surface area contributed by atoms with Gasteiger partial charge in [-0.05, 0) is 38.1 Å². The Kier molecular flexibility index (Phi) is 5.61. The van der Waals surface area contributed by atoms with Crippen LogP contribution in [0.2, 0.25) is 0 Å². The number of rotatable bonds is 6. The average molecular weight is 362 g/mol. The van der Waals surface area contributed by atoms with Crippen molar-refractivity contribution in [3.8, 4) is 11.3 Å². The predicted molar refractivity (Wildman–Crippen MR) is 106 cm³/mol. The molecule has 0 aliphatic rings. The molecule has 0 fully saturated rings. The molecule has 138 valence electrons. The lowest BCUT2D eigenvalue weighted by atomic mass is 10.1. The number of aryl methyl sites for hydroxylation is 1. The normalized spacial score (nSPS) is 10.4. The molecule has 0 radical (unpaired) electrons. The van der Waals surface area contributed by atoms with Crippen LogP contribution >= 0.6 is 0 Å². The number of carbonyl (C=O) groups is 1. The van der Waals surface area contributed by atoms with Crippen LogP contribution in [0.5, 0.6) is 0 Å². The maximum absolute atomic E-state index is 12.4. The van der Waals surface area contributed by atoms with Gasteiger partial charge in [0.1, 0.15) is 11.6 Å². The van der Waals surface area contributed by atoms with Crippen LogP contribution in [0, 0.1) is 6.92 Å². The Hall–Kier alpha value is -3.48. The van der Waals surface area contributed by atoms with Crippen LogP contribution < -0.4 is 16.4 Å². The van der Waals surface area contributed by atoms with Gasteiger partial charge in [-0.1, -0.05) is 12.1 Å². The number of nitrogens with two attached hydrogens (primary N) is 1. The second-order valence-corrected chi connectivity index (χ2v) is 6.06. The number of nitrogens with zero attached hydrogens (tertiary/aromatic N) is 3. The molecular formula is C20H22N6O. The fourth-order valence-corrected chi connectivity index (χ4v) is 2.63. The molecule has 3 aromatic rings. The van der Waals surface area contributed by atoms with Gasteiger partial charge in [0.15, 0.2) is 0 Å². The Balaban J connectivity index is 1.65. The van der Waals surface area contributed by atoms with Crippen LogP contribution in [0.1, 0.15) is 28.8 Å². The number of hydrogen-bond acceptors (Lipinski definition) is 6. The number of nitrogen functional groups attached to an aromatic ring is 1. The monoisotopic (exact) mass is 362 g/mol. The SMILES string of the molecule is CCNc1cc(CNC(=O)c2ccc(-c3ccc(N)cn3)cc2)nc(C)n1. The summed E-state index contributed by atoms with van der Waals surface area (Å²) in [6.45, 7) is 4.94. The van der Waals surface area contributed by atoms with E-state index < -0.39 is 0 Å². The highest BCUT2D eigenvalue weighted by Crippen LogP contribution is 2.18. The number of amides is 1. The van der Waals surface area contributed by atoms with Crippen molar-refractivity contribution in [1.82, 2.24) is 20.3 Å². The van der Waals surface area contributed by atoms with Crippen molar-refractivity contribution in [2.75, 3.05) is 17.6 Å². The van der Waals surface area contributed by atoms with E-state index in [0.29, 0.717) is 23.6 Å². The third-order valence-corrected chi connectivity index (χ3v) is 3.91. The molecule has 27 heavy (non-hydrogen) atoms. The van der Waals surface area contributed by atoms with Gasteiger partial charge in [-0.15, -0.1) is 0 Å². The van der Waals surface area contributed by atoms with Gasteiger partial charge in [0.25, 0.3) is 5.91 Å². The van der Waals surface area contributed by atoms with Gasteiger partial charge in [0.2, 0.25) is 0 Å². The van der Waals surface area contributed by atoms with E-state index >= 15 is 0 Å². The minimum Gasteiger partial charge on any atom is -0.397 e. The Morgan fingerprint density at radius 3 is 2.56 bits per heavy atom. The lowest BCUT2D eigenvalue weighted by molar-refractivity contribution is 0.0950. The summed E-state index contributed by atoms with van der Waals surface area (Å²) in [4.78, 5) is 25.4. The van der Waals surface area contributed by atoms with Crippen LogP contribution in [0.3, 0.4) is 0 Å². The second-order valence-electron chi connectivity index (χ2n) is 6.06. The molecule has 0 saturated carbocycles. The quantitative estimate of drug-likeness (QED) is 0.623. The number of benzene rings is 1. The van der Waals surface area contributed by atoms with E-state index in [1.54, 1.807) is 24.4 Å². The van der Waals surface area contributed by atoms with Crippen molar-refractivity contribution >= 4 is 17.4 Å². The molecular weight excluding hydrogens is 340 g/mol. The zero-order chi connectivity index (χ0) is 19.2. The summed E-state index contributed by atoms with van der Waals surface area (Å²) in [5.41, 5.74) is 9.34. The summed E-state index contributed by atoms with van der Waals surface area (Å²) in [5, 5.41) is 6.05. The fraction of sp³-hybridized carbons (Fsp3) is 0.200. The molecule has 0 unspecified atom stereocenters. The molecule has 1 aromatic carbocycles. The minimum atomic E-state index is -0.159. The minimum absolute atomic E-state index is 0.159. The summed E-state index contributed by atoms with van der Waals surface area (Å²) in [5.74, 6) is 1.26. The summed E-state index contributed by atoms with van der Waals surface area (Å²) in [6, 6.07) is 12.8. The fourth-order valence-electron chi connectivity index (χ4n) is 2.63. The van der Waals surface area contributed by atoms with Crippen molar-refractivity contribution in [3.63, 3.8) is 0 Å². The highest BCUT2D eigenvalue weighted by molar-refractivity contribution is 5.94. The van der Waals surface area contributed by atoms with Gasteiger partial charge < -0.3 is 16.4 Å². The Bertz CT molecular complexity index is 922. The molecule has 2 aromatic heterocycles. The van der Waals surface area contributed by atoms with Crippen molar-refractivity contribution in [2.45, 2.75) is 20.4 Å². The first-order valence-corrected chi connectivity index (χ1v) is 8.73. The number of anilines is 2. The highest BCUT2D eigenvalue weighted by atomic mass is 16.1. The number of aromatic nitrogens is 3. The van der Waals surface area contributed by atoms with Gasteiger partial charge >= 0.3 is 0 Å². The molecule has 0 atom stereocenters. The zero-order valence-corrected chi connectivity index (χ0v) is 15.4. The lowest BCUT2D eigenvalue weighted by Gasteiger charge is -2.09. The molecule has 0 saturated heterocycles. The topological polar surface area (TPSA) is 106 Å². The van der Waals surface area contributed by atoms with Gasteiger partial charge in [0.05, 0.1) is 29.8 Å². The van der Waals surface area contributed by atoms with E-state index in [1.807, 2.05) is 38.1 Å². The van der Waals surface area contributed by atoms with Crippen LogP contribution in [0.25, 0.3) is 11.3 Å². The third kappa shape index (κ3) is 4.78. The van der Waals surface area contributed by atoms with Crippen LogP contribution in [-0.4, -0.2) is 27.4 Å². The van der Waals surface area contributed by atoms with E-state index in [2.05, 4.69) is 25.6 Å². The van der Waals surface area contributed by atoms with Crippen molar-refractivity contribution in [3.05, 3.63) is 65.7 Å². The van der Waals surface area contributed by atoms with Crippen LogP contribution in [0.4, 0.5) is 11.5 Å². The Morgan fingerprint density at radius 1 is 1.11 bits per heavy atom. The van der Waals surface area contributed by atoms with E-state index in [-0.39, 0.29) is 5.91 Å². The summed E-state index contributed by atoms with van der Waals surface area (Å²) >= 11 is 0. The second kappa shape index (κ2) is 8.27. The number of carbonyl (C=O) groups excluding carboxylic acids is 1. The summed E-state index contributed by atoms with van der Waals surface area (Å²) < 4.78 is 0. The molecule has 3 rings (SSSR count). The predicted octanol–water partition coefficient (Wildman–Crippen LogP) is 2.79. The van der Waals surface area contributed by atoms with Gasteiger partial charge in [-0.2, -0.15) is 0 Å². The van der Waals surface area contributed by atoms with Crippen molar-refractivity contribution in [1.29, 1.82) is 0 Å². The van der Waals surface area contributed by atoms with Crippen LogP contribution in [0.15, 0.2) is 48.7 Å². The van der Waals surface area contributed by atoms with Gasteiger partial charge in [0, 0.05) is 23.7 Å². The summed E-state index contributed by atoms with van der Waals surface area (Å²) in [7, 11) is 0. The smallest absolute Gasteiger partial charge is 0.251 e. The molecule has 7 heteroatoms. The largest absolute Gasteiger partial charge is 0.397 e. The van der Waals surface area contributed by atoms with E-state index in [0.717, 1.165) is 29.3 Å². The highest BCUT2D eigenvalue weighted by Gasteiger charge is 2.08. The van der Waals surface area contributed by atoms with Crippen molar-refractivity contribution in [2.24, 2.45) is 0 Å². The molecule has 4 N–H and O–H groups in total.